The molecule has 3 aromatic rings. The van der Waals surface area contributed by atoms with Crippen molar-refractivity contribution in [2.24, 2.45) is 0 Å². The molecule has 0 radical (unpaired) electrons. The van der Waals surface area contributed by atoms with E-state index < -0.39 is 0 Å². The van der Waals surface area contributed by atoms with E-state index in [9.17, 15) is 4.79 Å². The molecule has 2 fully saturated rings. The molecule has 5 rings (SSSR count). The van der Waals surface area contributed by atoms with Crippen LogP contribution >= 0.6 is 0 Å². The minimum Gasteiger partial charge on any atom is -0.347 e. The van der Waals surface area contributed by atoms with E-state index in [0.29, 0.717) is 0 Å². The maximum atomic E-state index is 13.2. The lowest BCUT2D eigenvalue weighted by Gasteiger charge is -2.34. The van der Waals surface area contributed by atoms with Crippen molar-refractivity contribution in [2.45, 2.75) is 19.4 Å². The van der Waals surface area contributed by atoms with Gasteiger partial charge in [0.05, 0.1) is 0 Å². The van der Waals surface area contributed by atoms with E-state index in [-0.39, 0.29) is 5.91 Å². The first-order valence-electron chi connectivity index (χ1n) is 13.2. The molecule has 0 atom stereocenters. The molecule has 2 saturated heterocycles. The average molecular weight is 474 g/mol. The van der Waals surface area contributed by atoms with Crippen LogP contribution < -0.4 is 0 Å². The van der Waals surface area contributed by atoms with Gasteiger partial charge in [-0.1, -0.05) is 30.3 Å². The molecule has 6 nitrogen and oxygen atoms in total. The molecule has 1 aromatic heterocycles. The van der Waals surface area contributed by atoms with Crippen LogP contribution in [0.2, 0.25) is 0 Å². The van der Waals surface area contributed by atoms with Crippen LogP contribution in [0.1, 0.15) is 22.3 Å². The summed E-state index contributed by atoms with van der Waals surface area (Å²) in [6, 6.07) is 19.0. The molecule has 2 aliphatic rings. The van der Waals surface area contributed by atoms with Crippen LogP contribution in [0.5, 0.6) is 0 Å². The number of hydrogen-bond donors (Lipinski definition) is 0. The monoisotopic (exact) mass is 473 g/mol. The molecule has 2 aromatic carbocycles. The molecule has 3 heterocycles. The predicted octanol–water partition coefficient (Wildman–Crippen LogP) is 3.28. The first kappa shape index (κ1) is 24.0. The zero-order valence-corrected chi connectivity index (χ0v) is 21.1. The molecular formula is C29H39N5O. The normalized spacial score (nSPS) is 18.4. The summed E-state index contributed by atoms with van der Waals surface area (Å²) in [5, 5.41) is 1.16. The van der Waals surface area contributed by atoms with Gasteiger partial charge in [0.2, 0.25) is 0 Å². The topological polar surface area (TPSA) is 35.0 Å². The summed E-state index contributed by atoms with van der Waals surface area (Å²) in [5.74, 6) is 0.164. The molecule has 35 heavy (non-hydrogen) atoms. The van der Waals surface area contributed by atoms with E-state index in [1.54, 1.807) is 0 Å². The second kappa shape index (κ2) is 11.4. The van der Waals surface area contributed by atoms with Crippen molar-refractivity contribution in [3.63, 3.8) is 0 Å². The first-order valence-corrected chi connectivity index (χ1v) is 13.2. The van der Waals surface area contributed by atoms with Crippen molar-refractivity contribution in [3.8, 4) is 0 Å². The van der Waals surface area contributed by atoms with Crippen molar-refractivity contribution in [1.82, 2.24) is 24.2 Å². The van der Waals surface area contributed by atoms with Gasteiger partial charge in [0.1, 0.15) is 0 Å². The quantitative estimate of drug-likeness (QED) is 0.503. The molecule has 1 amide bonds. The highest BCUT2D eigenvalue weighted by Crippen LogP contribution is 2.20. The number of aromatic nitrogens is 1. The smallest absolute Gasteiger partial charge is 0.253 e. The molecule has 0 aliphatic carbocycles. The maximum absolute atomic E-state index is 13.2. The third-order valence-electron chi connectivity index (χ3n) is 7.71. The predicted molar refractivity (Wildman–Crippen MR) is 143 cm³/mol. The van der Waals surface area contributed by atoms with Crippen molar-refractivity contribution >= 4 is 16.8 Å². The standard InChI is InChI=1S/C29H39N5O/c1-30-16-18-31(19-17-30)12-5-13-33-15-11-26-24-27(8-9-28(26)33)29(35)34-22-20-32(21-23-34)14-10-25-6-3-2-4-7-25/h2-4,6-9,11,15,24H,5,10,12-14,16-23H2,1H3. The molecule has 0 N–H and O–H groups in total. The van der Waals surface area contributed by atoms with E-state index in [2.05, 4.69) is 81.0 Å². The number of amides is 1. The van der Waals surface area contributed by atoms with Crippen molar-refractivity contribution in [1.29, 1.82) is 0 Å². The number of aryl methyl sites for hydroxylation is 1. The van der Waals surface area contributed by atoms with Crippen LogP contribution in [0.25, 0.3) is 10.9 Å². The lowest BCUT2D eigenvalue weighted by molar-refractivity contribution is 0.0638. The van der Waals surface area contributed by atoms with E-state index in [1.165, 1.54) is 37.3 Å². The van der Waals surface area contributed by atoms with E-state index in [0.717, 1.165) is 69.6 Å². The number of benzene rings is 2. The van der Waals surface area contributed by atoms with Gasteiger partial charge in [-0.15, -0.1) is 0 Å². The number of rotatable bonds is 8. The van der Waals surface area contributed by atoms with Crippen LogP contribution in [-0.2, 0) is 13.0 Å². The maximum Gasteiger partial charge on any atom is 0.253 e. The molecule has 6 heteroatoms. The highest BCUT2D eigenvalue weighted by atomic mass is 16.2. The number of carbonyl (C=O) groups excluding carboxylic acids is 1. The highest BCUT2D eigenvalue weighted by molar-refractivity contribution is 5.98. The number of likely N-dealkylation sites (N-methyl/N-ethyl adjacent to an activating group) is 1. The van der Waals surface area contributed by atoms with E-state index in [4.69, 9.17) is 0 Å². The molecule has 0 unspecified atom stereocenters. The third-order valence-corrected chi connectivity index (χ3v) is 7.71. The number of carbonyl (C=O) groups is 1. The summed E-state index contributed by atoms with van der Waals surface area (Å²) in [7, 11) is 2.20. The number of hydrogen-bond acceptors (Lipinski definition) is 4. The second-order valence-corrected chi connectivity index (χ2v) is 10.2. The summed E-state index contributed by atoms with van der Waals surface area (Å²) in [6.07, 6.45) is 4.40. The summed E-state index contributed by atoms with van der Waals surface area (Å²) < 4.78 is 2.34. The number of nitrogens with zero attached hydrogens (tertiary/aromatic N) is 5. The molecule has 0 spiro atoms. The van der Waals surface area contributed by atoms with Crippen LogP contribution in [0.4, 0.5) is 0 Å². The Balaban J connectivity index is 1.11. The van der Waals surface area contributed by atoms with Gasteiger partial charge >= 0.3 is 0 Å². The Labute approximate surface area is 209 Å². The summed E-state index contributed by atoms with van der Waals surface area (Å²) in [5.41, 5.74) is 3.42. The Kier molecular flexibility index (Phi) is 7.82. The SMILES string of the molecule is CN1CCN(CCCn2ccc3cc(C(=O)N4CCN(CCc5ccccc5)CC4)ccc32)CC1. The third kappa shape index (κ3) is 6.13. The van der Waals surface area contributed by atoms with Crippen LogP contribution in [0, 0.1) is 0 Å². The minimum atomic E-state index is 0.164. The first-order chi connectivity index (χ1) is 17.2. The van der Waals surface area contributed by atoms with Gasteiger partial charge in [-0.05, 0) is 56.3 Å². The van der Waals surface area contributed by atoms with Gasteiger partial charge in [-0.2, -0.15) is 0 Å². The minimum absolute atomic E-state index is 0.164. The van der Waals surface area contributed by atoms with Crippen molar-refractivity contribution < 1.29 is 4.79 Å². The average Bonchev–Trinajstić information content (AvgIpc) is 3.31. The van der Waals surface area contributed by atoms with Gasteiger partial charge in [0, 0.05) is 88.1 Å². The Hall–Kier alpha value is -2.67. The Morgan fingerprint density at radius 2 is 1.49 bits per heavy atom. The highest BCUT2D eigenvalue weighted by Gasteiger charge is 2.22. The number of fused-ring (bicyclic) bond motifs is 1. The van der Waals surface area contributed by atoms with Gasteiger partial charge in [-0.25, -0.2) is 0 Å². The molecule has 0 bridgehead atoms. The van der Waals surface area contributed by atoms with E-state index in [1.807, 2.05) is 11.0 Å². The van der Waals surface area contributed by atoms with Crippen LogP contribution in [-0.4, -0.2) is 103 Å². The van der Waals surface area contributed by atoms with Gasteiger partial charge < -0.3 is 19.3 Å². The van der Waals surface area contributed by atoms with Gasteiger partial charge in [0.15, 0.2) is 0 Å². The summed E-state index contributed by atoms with van der Waals surface area (Å²) in [4.78, 5) is 22.7. The fourth-order valence-corrected chi connectivity index (χ4v) is 5.35. The molecule has 186 valence electrons. The van der Waals surface area contributed by atoms with Crippen molar-refractivity contribution in [3.05, 3.63) is 71.9 Å². The molecular weight excluding hydrogens is 434 g/mol. The zero-order valence-electron chi connectivity index (χ0n) is 21.1. The Bertz CT molecular complexity index is 1090. The largest absolute Gasteiger partial charge is 0.347 e. The summed E-state index contributed by atoms with van der Waals surface area (Å²) in [6.45, 7) is 11.4. The lowest BCUT2D eigenvalue weighted by Crippen LogP contribution is -2.49. The fraction of sp³-hybridized carbons (Fsp3) is 0.483. The fourth-order valence-electron chi connectivity index (χ4n) is 5.35. The second-order valence-electron chi connectivity index (χ2n) is 10.2. The lowest BCUT2D eigenvalue weighted by atomic mass is 10.1. The Morgan fingerprint density at radius 1 is 0.771 bits per heavy atom. The molecule has 2 aliphatic heterocycles. The van der Waals surface area contributed by atoms with Crippen LogP contribution in [0.3, 0.4) is 0 Å². The molecule has 0 saturated carbocycles. The van der Waals surface area contributed by atoms with Gasteiger partial charge in [-0.3, -0.25) is 9.69 Å². The Morgan fingerprint density at radius 3 is 2.26 bits per heavy atom. The summed E-state index contributed by atoms with van der Waals surface area (Å²) >= 11 is 0. The van der Waals surface area contributed by atoms with E-state index >= 15 is 0 Å². The van der Waals surface area contributed by atoms with Crippen LogP contribution in [0.15, 0.2) is 60.8 Å². The zero-order chi connectivity index (χ0) is 24.0. The van der Waals surface area contributed by atoms with Gasteiger partial charge in [0.25, 0.3) is 5.91 Å². The number of piperazine rings is 2. The van der Waals surface area contributed by atoms with Crippen molar-refractivity contribution in [2.75, 3.05) is 72.5 Å².